The Kier molecular flexibility index (Phi) is 23.3. The zero-order chi connectivity index (χ0) is 28.2. The summed E-state index contributed by atoms with van der Waals surface area (Å²) in [4.78, 5) is 12.3. The molecule has 0 aliphatic heterocycles. The molecule has 0 aliphatic carbocycles. The monoisotopic (exact) mass is 554 g/mol. The van der Waals surface area contributed by atoms with Gasteiger partial charge in [-0.15, -0.1) is 12.4 Å². The third-order valence-electron chi connectivity index (χ3n) is 5.96. The van der Waals surface area contributed by atoms with E-state index < -0.39 is 0 Å². The molecule has 2 aromatic carbocycles. The highest BCUT2D eigenvalue weighted by molar-refractivity contribution is 5.85. The van der Waals surface area contributed by atoms with Crippen LogP contribution in [0, 0.1) is 11.8 Å². The van der Waals surface area contributed by atoms with Crippen molar-refractivity contribution in [3.8, 4) is 0 Å². The van der Waals surface area contributed by atoms with Gasteiger partial charge in [-0.3, -0.25) is 9.69 Å². The van der Waals surface area contributed by atoms with Crippen molar-refractivity contribution in [2.24, 2.45) is 11.8 Å². The maximum Gasteiger partial charge on any atom is 0.172 e. The molecule has 0 fully saturated rings. The van der Waals surface area contributed by atoms with E-state index in [0.717, 1.165) is 18.4 Å². The fourth-order valence-corrected chi connectivity index (χ4v) is 4.09. The second-order valence-electron chi connectivity index (χ2n) is 9.40. The number of halogens is 1. The zero-order valence-corrected chi connectivity index (χ0v) is 25.7. The molecule has 7 nitrogen and oxygen atoms in total. The van der Waals surface area contributed by atoms with Crippen molar-refractivity contribution in [3.63, 3.8) is 0 Å². The van der Waals surface area contributed by atoms with Gasteiger partial charge < -0.3 is 24.3 Å². The number of nitrogens with zero attached hydrogens (tertiary/aromatic N) is 1. The zero-order valence-electron chi connectivity index (χ0n) is 24.9. The summed E-state index contributed by atoms with van der Waals surface area (Å²) >= 11 is 0. The lowest BCUT2D eigenvalue weighted by atomic mass is 10.0. The lowest BCUT2D eigenvalue weighted by Crippen LogP contribution is -2.46. The van der Waals surface area contributed by atoms with Crippen LogP contribution in [-0.2, 0) is 25.5 Å². The van der Waals surface area contributed by atoms with E-state index in [1.807, 2.05) is 31.3 Å². The van der Waals surface area contributed by atoms with Gasteiger partial charge in [0, 0.05) is 40.5 Å². The van der Waals surface area contributed by atoms with Crippen molar-refractivity contribution in [2.75, 3.05) is 42.5 Å². The molecule has 0 amide bonds. The smallest absolute Gasteiger partial charge is 0.172 e. The Hall–Kier alpha value is -1.84. The Balaban J connectivity index is 0. The summed E-state index contributed by atoms with van der Waals surface area (Å²) in [7, 11) is 10.7. The summed E-state index contributed by atoms with van der Waals surface area (Å²) in [5, 5.41) is 3.15. The Morgan fingerprint density at radius 1 is 0.763 bits per heavy atom. The Morgan fingerprint density at radius 3 is 1.50 bits per heavy atom. The van der Waals surface area contributed by atoms with E-state index in [1.54, 1.807) is 40.6 Å². The highest BCUT2D eigenvalue weighted by Gasteiger charge is 2.28. The average molecular weight is 555 g/mol. The number of carbonyl (C=O) groups is 1. The van der Waals surface area contributed by atoms with Crippen LogP contribution in [0.3, 0.4) is 0 Å². The molecular formula is C30H51ClN2O5. The third-order valence-corrected chi connectivity index (χ3v) is 5.96. The quantitative estimate of drug-likeness (QED) is 0.258. The largest absolute Gasteiger partial charge is 0.354 e. The fraction of sp³-hybridized carbons (Fsp3) is 0.567. The highest BCUT2D eigenvalue weighted by atomic mass is 35.5. The number of methoxy groups -OCH3 is 4. The first kappa shape index (κ1) is 38.3. The highest BCUT2D eigenvalue weighted by Crippen LogP contribution is 2.18. The Labute approximate surface area is 237 Å². The van der Waals surface area contributed by atoms with Gasteiger partial charge in [-0.25, -0.2) is 0 Å². The number of carbonyl (C=O) groups excluding carboxylic acids is 1. The molecular weight excluding hydrogens is 504 g/mol. The molecule has 0 heterocycles. The summed E-state index contributed by atoms with van der Waals surface area (Å²) in [6, 6.07) is 20.0. The van der Waals surface area contributed by atoms with Gasteiger partial charge in [0.15, 0.2) is 12.6 Å². The summed E-state index contributed by atoms with van der Waals surface area (Å²) in [6.45, 7) is 9.54. The van der Waals surface area contributed by atoms with Gasteiger partial charge in [0.1, 0.15) is 6.29 Å². The number of aldehydes is 1. The second-order valence-corrected chi connectivity index (χ2v) is 9.40. The lowest BCUT2D eigenvalue weighted by molar-refractivity contribution is -0.154. The molecule has 2 rings (SSSR count). The minimum atomic E-state index is -0.196. The Morgan fingerprint density at radius 2 is 1.21 bits per heavy atom. The maximum atomic E-state index is 10.0. The molecule has 0 aromatic heterocycles. The van der Waals surface area contributed by atoms with Crippen molar-refractivity contribution in [1.82, 2.24) is 10.2 Å². The molecule has 38 heavy (non-hydrogen) atoms. The van der Waals surface area contributed by atoms with Crippen LogP contribution in [0.25, 0.3) is 0 Å². The molecule has 8 heteroatoms. The van der Waals surface area contributed by atoms with Crippen LogP contribution in [0.2, 0.25) is 0 Å². The van der Waals surface area contributed by atoms with Gasteiger partial charge in [-0.2, -0.15) is 0 Å². The minimum absolute atomic E-state index is 0. The Bertz CT molecular complexity index is 788. The van der Waals surface area contributed by atoms with Crippen molar-refractivity contribution in [3.05, 3.63) is 71.8 Å². The number of hydrogen-bond donors (Lipinski definition) is 1. The topological polar surface area (TPSA) is 69.3 Å². The number of rotatable bonds is 13. The molecule has 0 radical (unpaired) electrons. The van der Waals surface area contributed by atoms with E-state index in [-0.39, 0.29) is 37.1 Å². The third kappa shape index (κ3) is 14.9. The lowest BCUT2D eigenvalue weighted by Gasteiger charge is -2.35. The van der Waals surface area contributed by atoms with Gasteiger partial charge in [0.25, 0.3) is 0 Å². The van der Waals surface area contributed by atoms with Gasteiger partial charge in [-0.05, 0) is 31.5 Å². The summed E-state index contributed by atoms with van der Waals surface area (Å²) in [5.74, 6) is 0.966. The molecule has 0 saturated carbocycles. The number of hydrogen-bond acceptors (Lipinski definition) is 7. The number of nitrogens with one attached hydrogen (secondary N) is 1. The van der Waals surface area contributed by atoms with Crippen molar-refractivity contribution in [1.29, 1.82) is 0 Å². The second kappa shape index (κ2) is 23.1. The first-order valence-corrected chi connectivity index (χ1v) is 12.7. The van der Waals surface area contributed by atoms with Gasteiger partial charge in [0.2, 0.25) is 0 Å². The van der Waals surface area contributed by atoms with Gasteiger partial charge >= 0.3 is 0 Å². The average Bonchev–Trinajstić information content (AvgIpc) is 2.91. The summed E-state index contributed by atoms with van der Waals surface area (Å²) in [5.41, 5.74) is 2.03. The molecule has 1 unspecified atom stereocenters. The molecule has 1 N–H and O–H groups in total. The van der Waals surface area contributed by atoms with E-state index in [0.29, 0.717) is 11.8 Å². The molecule has 0 aliphatic rings. The van der Waals surface area contributed by atoms with E-state index in [4.69, 9.17) is 18.9 Å². The van der Waals surface area contributed by atoms with Crippen LogP contribution in [0.5, 0.6) is 0 Å². The van der Waals surface area contributed by atoms with E-state index in [9.17, 15) is 4.79 Å². The first-order chi connectivity index (χ1) is 17.7. The molecule has 218 valence electrons. The van der Waals surface area contributed by atoms with Crippen LogP contribution in [0.4, 0.5) is 0 Å². The first-order valence-electron chi connectivity index (χ1n) is 12.7. The molecule has 0 bridgehead atoms. The summed E-state index contributed by atoms with van der Waals surface area (Å²) < 4.78 is 21.1. The summed E-state index contributed by atoms with van der Waals surface area (Å²) in [6.07, 6.45) is 0.485. The molecule has 2 atom stereocenters. The number of ether oxygens (including phenoxy) is 4. The van der Waals surface area contributed by atoms with Crippen LogP contribution in [0.1, 0.15) is 43.6 Å². The van der Waals surface area contributed by atoms with Crippen molar-refractivity contribution < 1.29 is 23.7 Å². The minimum Gasteiger partial charge on any atom is -0.354 e. The van der Waals surface area contributed by atoms with Crippen LogP contribution >= 0.6 is 12.4 Å². The number of likely N-dealkylation sites (N-methyl/N-ethyl adjacent to an activating group) is 2. The standard InChI is InChI=1S/C15H25NO2.C8H19NO2.C7H6O.ClH/c1-12(2)14(15(17-4)18-5)16(3)11-13-9-7-6-8-10-13;1-6(2)7(9-3)8(10-4)11-5;8-6-7-4-2-1-3-5-7;/h6-10,12,14-15H,11H2,1-5H3;6-9H,1-5H3;1-6H;1H/t14-;;;/m0.../s1. The molecule has 2 aromatic rings. The van der Waals surface area contributed by atoms with Gasteiger partial charge in [0.05, 0.1) is 12.1 Å². The fourth-order valence-electron chi connectivity index (χ4n) is 4.09. The van der Waals surface area contributed by atoms with E-state index in [2.05, 4.69) is 69.2 Å². The normalized spacial score (nSPS) is 12.4. The maximum absolute atomic E-state index is 10.0. The SMILES string of the molecule is CNC(C(C)C)C(OC)OC.COC(OC)[C@H](C(C)C)N(C)Cc1ccccc1.Cl.O=Cc1ccccc1. The van der Waals surface area contributed by atoms with Crippen LogP contribution < -0.4 is 5.32 Å². The molecule has 0 spiro atoms. The predicted molar refractivity (Wildman–Crippen MR) is 159 cm³/mol. The van der Waals surface area contributed by atoms with E-state index in [1.165, 1.54) is 5.56 Å². The van der Waals surface area contributed by atoms with Crippen LogP contribution in [0.15, 0.2) is 60.7 Å². The van der Waals surface area contributed by atoms with E-state index >= 15 is 0 Å². The van der Waals surface area contributed by atoms with Crippen LogP contribution in [-0.4, -0.2) is 78.4 Å². The molecule has 0 saturated heterocycles. The van der Waals surface area contributed by atoms with Crippen molar-refractivity contribution in [2.45, 2.75) is 58.9 Å². The predicted octanol–water partition coefficient (Wildman–Crippen LogP) is 5.53. The number of benzene rings is 2. The van der Waals surface area contributed by atoms with Gasteiger partial charge in [-0.1, -0.05) is 88.4 Å². The van der Waals surface area contributed by atoms with Crippen molar-refractivity contribution >= 4 is 18.7 Å².